The number of hydrogen-bond donors (Lipinski definition) is 3. The van der Waals surface area contributed by atoms with E-state index in [2.05, 4.69) is 10.3 Å². The topological polar surface area (TPSA) is 74.3 Å². The van der Waals surface area contributed by atoms with Gasteiger partial charge in [-0.2, -0.15) is 0 Å². The van der Waals surface area contributed by atoms with Crippen molar-refractivity contribution in [3.05, 3.63) is 59.4 Å². The number of halogens is 3. The van der Waals surface area contributed by atoms with Crippen LogP contribution in [0, 0.1) is 28.8 Å². The molecule has 1 aliphatic carbocycles. The second-order valence-electron chi connectivity index (χ2n) is 8.96. The molecular formula is C24H23F3N2O3. The Hall–Kier alpha value is -2.84. The van der Waals surface area contributed by atoms with Crippen LogP contribution in [0.4, 0.5) is 13.2 Å². The quantitative estimate of drug-likeness (QED) is 0.540. The lowest BCUT2D eigenvalue weighted by Crippen LogP contribution is -2.54. The molecule has 1 amide bonds. The first-order chi connectivity index (χ1) is 15.4. The molecule has 2 aliphatic rings. The number of aromatic amines is 1. The zero-order valence-electron chi connectivity index (χ0n) is 17.3. The van der Waals surface area contributed by atoms with Crippen molar-refractivity contribution in [2.75, 3.05) is 26.4 Å². The predicted octanol–water partition coefficient (Wildman–Crippen LogP) is 3.87. The largest absolute Gasteiger partial charge is 0.396 e. The highest BCUT2D eigenvalue weighted by Gasteiger charge is 2.41. The molecule has 0 spiro atoms. The molecule has 2 aromatic carbocycles. The number of rotatable bonds is 6. The Morgan fingerprint density at radius 2 is 1.84 bits per heavy atom. The first-order valence-electron chi connectivity index (χ1n) is 10.6. The highest BCUT2D eigenvalue weighted by Crippen LogP contribution is 2.48. The average Bonchev–Trinajstić information content (AvgIpc) is 3.06. The van der Waals surface area contributed by atoms with E-state index in [9.17, 15) is 23.1 Å². The predicted molar refractivity (Wildman–Crippen MR) is 112 cm³/mol. The van der Waals surface area contributed by atoms with Crippen LogP contribution in [0.25, 0.3) is 22.2 Å². The Labute approximate surface area is 182 Å². The van der Waals surface area contributed by atoms with E-state index < -0.39 is 17.0 Å². The van der Waals surface area contributed by atoms with Crippen molar-refractivity contribution in [3.63, 3.8) is 0 Å². The summed E-state index contributed by atoms with van der Waals surface area (Å²) in [5, 5.41) is 12.9. The molecular weight excluding hydrogens is 421 g/mol. The monoisotopic (exact) mass is 444 g/mol. The van der Waals surface area contributed by atoms with Gasteiger partial charge in [0, 0.05) is 23.9 Å². The molecule has 0 unspecified atom stereocenters. The maximum atomic E-state index is 14.5. The van der Waals surface area contributed by atoms with Crippen LogP contribution in [0.1, 0.15) is 24.3 Å². The molecule has 0 bridgehead atoms. The van der Waals surface area contributed by atoms with Crippen LogP contribution in [0.5, 0.6) is 0 Å². The summed E-state index contributed by atoms with van der Waals surface area (Å²) >= 11 is 0. The van der Waals surface area contributed by atoms with Crippen LogP contribution in [0.3, 0.4) is 0 Å². The van der Waals surface area contributed by atoms with Gasteiger partial charge in [0.2, 0.25) is 5.91 Å². The fourth-order valence-corrected chi connectivity index (χ4v) is 4.63. The average molecular weight is 444 g/mol. The van der Waals surface area contributed by atoms with Gasteiger partial charge in [0.1, 0.15) is 17.5 Å². The summed E-state index contributed by atoms with van der Waals surface area (Å²) in [6.07, 6.45) is 1.07. The van der Waals surface area contributed by atoms with Crippen molar-refractivity contribution in [1.82, 2.24) is 10.3 Å². The first kappa shape index (κ1) is 21.0. The van der Waals surface area contributed by atoms with E-state index in [1.165, 1.54) is 18.2 Å². The summed E-state index contributed by atoms with van der Waals surface area (Å²) in [7, 11) is 0. The molecule has 0 radical (unpaired) electrons. The van der Waals surface area contributed by atoms with E-state index in [4.69, 9.17) is 4.74 Å². The fourth-order valence-electron chi connectivity index (χ4n) is 4.63. The highest BCUT2D eigenvalue weighted by atomic mass is 19.1. The highest BCUT2D eigenvalue weighted by molar-refractivity contribution is 5.92. The Balaban J connectivity index is 1.40. The molecule has 8 heteroatoms. The number of hydrogen-bond acceptors (Lipinski definition) is 3. The first-order valence-corrected chi connectivity index (χ1v) is 10.6. The van der Waals surface area contributed by atoms with Gasteiger partial charge in [-0.25, -0.2) is 13.2 Å². The van der Waals surface area contributed by atoms with Crippen LogP contribution >= 0.6 is 0 Å². The zero-order valence-corrected chi connectivity index (χ0v) is 17.3. The Bertz CT molecular complexity index is 1160. The molecule has 3 N–H and O–H groups in total. The summed E-state index contributed by atoms with van der Waals surface area (Å²) in [6, 6.07) is 7.95. The van der Waals surface area contributed by atoms with Crippen molar-refractivity contribution in [1.29, 1.82) is 0 Å². The lowest BCUT2D eigenvalue weighted by atomic mass is 9.69. The van der Waals surface area contributed by atoms with Gasteiger partial charge in [-0.15, -0.1) is 0 Å². The molecule has 0 atom stereocenters. The number of aromatic nitrogens is 1. The van der Waals surface area contributed by atoms with Crippen molar-refractivity contribution in [2.45, 2.75) is 18.8 Å². The number of aliphatic hydroxyl groups is 1. The smallest absolute Gasteiger partial charge is 0.223 e. The number of amides is 1. The standard InChI is InChI=1S/C24H23F3N2O3/c25-16-3-1-13(2-4-16)21-20(18-7-17(26)8-19(27)22(18)29-21)14-5-15(6-14)23(31)28-9-24(10-30)11-32-12-24/h1-4,7-8,14-15,29-30H,5-6,9-12H2,(H,28,31)/t14-,15-. The van der Waals surface area contributed by atoms with Crippen molar-refractivity contribution in [3.8, 4) is 11.3 Å². The van der Waals surface area contributed by atoms with Crippen molar-refractivity contribution < 1.29 is 27.8 Å². The number of benzene rings is 2. The van der Waals surface area contributed by atoms with Crippen LogP contribution in [-0.2, 0) is 9.53 Å². The Morgan fingerprint density at radius 1 is 1.12 bits per heavy atom. The SMILES string of the molecule is O=C(NCC1(CO)COC1)[C@H]1C[C@H](c2c(-c3ccc(F)cc3)[nH]c3c(F)cc(F)cc32)C1. The number of fused-ring (bicyclic) bond motifs is 1. The third kappa shape index (κ3) is 3.57. The van der Waals surface area contributed by atoms with Crippen LogP contribution in [0.15, 0.2) is 36.4 Å². The number of aliphatic hydroxyl groups excluding tert-OH is 1. The van der Waals surface area contributed by atoms with Gasteiger partial charge in [-0.05, 0) is 60.2 Å². The molecule has 1 saturated carbocycles. The summed E-state index contributed by atoms with van der Waals surface area (Å²) in [5.74, 6) is -2.14. The molecule has 3 aromatic rings. The lowest BCUT2D eigenvalue weighted by molar-refractivity contribution is -0.143. The third-order valence-corrected chi connectivity index (χ3v) is 6.70. The minimum atomic E-state index is -0.694. The Morgan fingerprint density at radius 3 is 2.47 bits per heavy atom. The molecule has 2 heterocycles. The second-order valence-corrected chi connectivity index (χ2v) is 8.96. The molecule has 1 aromatic heterocycles. The molecule has 32 heavy (non-hydrogen) atoms. The van der Waals surface area contributed by atoms with E-state index in [-0.39, 0.29) is 35.7 Å². The summed E-state index contributed by atoms with van der Waals surface area (Å²) in [6.45, 7) is 1.15. The van der Waals surface area contributed by atoms with E-state index in [1.54, 1.807) is 12.1 Å². The van der Waals surface area contributed by atoms with Crippen molar-refractivity contribution >= 4 is 16.8 Å². The minimum Gasteiger partial charge on any atom is -0.396 e. The van der Waals surface area contributed by atoms with Gasteiger partial charge < -0.3 is 20.1 Å². The van der Waals surface area contributed by atoms with E-state index in [0.717, 1.165) is 11.6 Å². The van der Waals surface area contributed by atoms with Crippen LogP contribution in [0.2, 0.25) is 0 Å². The maximum Gasteiger partial charge on any atom is 0.223 e. The fraction of sp³-hybridized carbons (Fsp3) is 0.375. The Kier molecular flexibility index (Phi) is 5.22. The number of carbonyl (C=O) groups excluding carboxylic acids is 1. The molecule has 168 valence electrons. The molecule has 2 fully saturated rings. The van der Waals surface area contributed by atoms with Gasteiger partial charge >= 0.3 is 0 Å². The van der Waals surface area contributed by atoms with Crippen LogP contribution in [-0.4, -0.2) is 42.4 Å². The summed E-state index contributed by atoms with van der Waals surface area (Å²) in [4.78, 5) is 15.7. The summed E-state index contributed by atoms with van der Waals surface area (Å²) < 4.78 is 47.1. The number of carbonyl (C=O) groups is 1. The zero-order chi connectivity index (χ0) is 22.5. The maximum absolute atomic E-state index is 14.5. The van der Waals surface area contributed by atoms with Crippen molar-refractivity contribution in [2.24, 2.45) is 11.3 Å². The van der Waals surface area contributed by atoms with E-state index >= 15 is 0 Å². The van der Waals surface area contributed by atoms with Gasteiger partial charge in [0.05, 0.1) is 36.4 Å². The molecule has 5 nitrogen and oxygen atoms in total. The van der Waals surface area contributed by atoms with Gasteiger partial charge in [0.15, 0.2) is 0 Å². The molecule has 5 rings (SSSR count). The number of ether oxygens (including phenoxy) is 1. The van der Waals surface area contributed by atoms with E-state index in [0.29, 0.717) is 49.2 Å². The third-order valence-electron chi connectivity index (χ3n) is 6.70. The second kappa shape index (κ2) is 7.94. The van der Waals surface area contributed by atoms with Gasteiger partial charge in [-0.3, -0.25) is 4.79 Å². The summed E-state index contributed by atoms with van der Waals surface area (Å²) in [5.41, 5.74) is 1.82. The van der Waals surface area contributed by atoms with Crippen LogP contribution < -0.4 is 5.32 Å². The van der Waals surface area contributed by atoms with Gasteiger partial charge in [-0.1, -0.05) is 0 Å². The molecule has 1 aliphatic heterocycles. The molecule has 1 saturated heterocycles. The number of nitrogens with one attached hydrogen (secondary N) is 2. The minimum absolute atomic E-state index is 0.0476. The normalized spacial score (nSPS) is 21.8. The lowest BCUT2D eigenvalue weighted by Gasteiger charge is -2.41. The number of H-pyrrole nitrogens is 1. The van der Waals surface area contributed by atoms with E-state index in [1.807, 2.05) is 0 Å². The van der Waals surface area contributed by atoms with Gasteiger partial charge in [0.25, 0.3) is 0 Å².